The highest BCUT2D eigenvalue weighted by Gasteiger charge is 2.19. The van der Waals surface area contributed by atoms with Crippen molar-refractivity contribution >= 4 is 23.8 Å². The molecule has 0 bridgehead atoms. The predicted molar refractivity (Wildman–Crippen MR) is 192 cm³/mol. The Morgan fingerprint density at radius 2 is 1.21 bits per heavy atom. The van der Waals surface area contributed by atoms with Crippen LogP contribution in [-0.2, 0) is 28.7 Å². The van der Waals surface area contributed by atoms with Crippen LogP contribution in [0.5, 0.6) is 0 Å². The van der Waals surface area contributed by atoms with Crippen molar-refractivity contribution in [2.45, 2.75) is 174 Å². The van der Waals surface area contributed by atoms with Gasteiger partial charge in [0, 0.05) is 19.5 Å². The van der Waals surface area contributed by atoms with Crippen LogP contribution in [0.3, 0.4) is 0 Å². The second-order valence-corrected chi connectivity index (χ2v) is 12.9. The molecular formula is C38H71N3O6. The topological polar surface area (TPSA) is 137 Å². The van der Waals surface area contributed by atoms with Gasteiger partial charge >= 0.3 is 11.9 Å². The molecule has 0 aliphatic heterocycles. The molecule has 2 amide bonds. The number of hydrogen-bond acceptors (Lipinski definition) is 7. The Hall–Kier alpha value is -2.42. The molecule has 0 saturated heterocycles. The maximum Gasteiger partial charge on any atom is 0.308 e. The molecule has 0 radical (unpaired) electrons. The van der Waals surface area contributed by atoms with E-state index in [1.54, 1.807) is 0 Å². The molecule has 2 atom stereocenters. The first-order valence-corrected chi connectivity index (χ1v) is 19.1. The molecule has 2 unspecified atom stereocenters. The Morgan fingerprint density at radius 1 is 0.617 bits per heavy atom. The molecule has 0 aliphatic rings. The zero-order chi connectivity index (χ0) is 34.8. The summed E-state index contributed by atoms with van der Waals surface area (Å²) in [6, 6.07) is -0.658. The number of carbonyl (C=O) groups is 4. The summed E-state index contributed by atoms with van der Waals surface area (Å²) in [5.41, 5.74) is 6.02. The van der Waals surface area contributed by atoms with Crippen molar-refractivity contribution in [2.24, 2.45) is 11.7 Å². The van der Waals surface area contributed by atoms with Crippen LogP contribution >= 0.6 is 0 Å². The van der Waals surface area contributed by atoms with Gasteiger partial charge in [-0.25, -0.2) is 0 Å². The quantitative estimate of drug-likeness (QED) is 0.0369. The lowest BCUT2D eigenvalue weighted by molar-refractivity contribution is -0.149. The summed E-state index contributed by atoms with van der Waals surface area (Å²) in [4.78, 5) is 48.9. The summed E-state index contributed by atoms with van der Waals surface area (Å²) in [6.07, 6.45) is 26.0. The summed E-state index contributed by atoms with van der Waals surface area (Å²) in [6.45, 7) is 8.07. The van der Waals surface area contributed by atoms with Crippen molar-refractivity contribution in [1.29, 1.82) is 0 Å². The minimum Gasteiger partial charge on any atom is -0.465 e. The molecular weight excluding hydrogens is 594 g/mol. The van der Waals surface area contributed by atoms with Crippen LogP contribution in [0.15, 0.2) is 12.2 Å². The SMILES string of the molecule is CCCCCC/C=C\COC(=O)CCC(=O)NCCCC(N)C(=O)NCCCCOC(=O)C(CCCCCC)CCCCCCCC. The van der Waals surface area contributed by atoms with E-state index in [0.717, 1.165) is 38.5 Å². The highest BCUT2D eigenvalue weighted by Crippen LogP contribution is 2.20. The average molecular weight is 666 g/mol. The van der Waals surface area contributed by atoms with E-state index >= 15 is 0 Å². The molecule has 0 aromatic rings. The van der Waals surface area contributed by atoms with Gasteiger partial charge in [-0.05, 0) is 51.4 Å². The number of hydrogen-bond donors (Lipinski definition) is 3. The zero-order valence-corrected chi connectivity index (χ0v) is 30.4. The molecule has 0 aliphatic carbocycles. The smallest absolute Gasteiger partial charge is 0.308 e. The van der Waals surface area contributed by atoms with Gasteiger partial charge in [0.1, 0.15) is 6.61 Å². The number of amides is 2. The van der Waals surface area contributed by atoms with Gasteiger partial charge in [0.05, 0.1) is 25.0 Å². The molecule has 9 heteroatoms. The summed E-state index contributed by atoms with van der Waals surface area (Å²) in [7, 11) is 0. The lowest BCUT2D eigenvalue weighted by Crippen LogP contribution is -2.41. The largest absolute Gasteiger partial charge is 0.465 e. The van der Waals surface area contributed by atoms with Crippen molar-refractivity contribution in [3.63, 3.8) is 0 Å². The summed E-state index contributed by atoms with van der Waals surface area (Å²) in [5, 5.41) is 5.62. The molecule has 0 fully saturated rings. The lowest BCUT2D eigenvalue weighted by Gasteiger charge is -2.16. The summed E-state index contributed by atoms with van der Waals surface area (Å²) >= 11 is 0. The highest BCUT2D eigenvalue weighted by molar-refractivity contribution is 5.82. The lowest BCUT2D eigenvalue weighted by atomic mass is 9.94. The van der Waals surface area contributed by atoms with Gasteiger partial charge in [-0.2, -0.15) is 0 Å². The van der Waals surface area contributed by atoms with Gasteiger partial charge in [0.2, 0.25) is 11.8 Å². The number of allylic oxidation sites excluding steroid dienone is 1. The Kier molecular flexibility index (Phi) is 31.8. The van der Waals surface area contributed by atoms with E-state index in [4.69, 9.17) is 15.2 Å². The Balaban J connectivity index is 3.97. The minimum absolute atomic E-state index is 0.000720. The standard InChI is InChI=1S/C38H71N3O6/c1-4-7-10-13-15-17-21-31-46-36(43)28-27-35(42)40-30-23-26-34(39)37(44)41-29-20-22-32-47-38(45)33(24-18-12-9-6-3)25-19-16-14-11-8-5-2/h17,21,33-34H,4-16,18-20,22-32,39H2,1-3H3,(H,40,42)(H,41,44)/b21-17-. The first kappa shape index (κ1) is 44.6. The van der Waals surface area contributed by atoms with Gasteiger partial charge in [0.15, 0.2) is 0 Å². The number of esters is 2. The number of carbonyl (C=O) groups excluding carboxylic acids is 4. The van der Waals surface area contributed by atoms with Crippen molar-refractivity contribution in [3.8, 4) is 0 Å². The Bertz CT molecular complexity index is 819. The van der Waals surface area contributed by atoms with E-state index in [9.17, 15) is 19.2 Å². The monoisotopic (exact) mass is 666 g/mol. The van der Waals surface area contributed by atoms with Crippen LogP contribution in [-0.4, -0.2) is 56.1 Å². The number of nitrogens with one attached hydrogen (secondary N) is 2. The molecule has 0 heterocycles. The van der Waals surface area contributed by atoms with Crippen LogP contribution in [0.1, 0.15) is 168 Å². The van der Waals surface area contributed by atoms with Crippen LogP contribution in [0, 0.1) is 5.92 Å². The summed E-state index contributed by atoms with van der Waals surface area (Å²) in [5.74, 6) is -0.906. The number of rotatable bonds is 33. The van der Waals surface area contributed by atoms with Crippen LogP contribution in [0.2, 0.25) is 0 Å². The predicted octanol–water partition coefficient (Wildman–Crippen LogP) is 7.84. The first-order valence-electron chi connectivity index (χ1n) is 19.1. The van der Waals surface area contributed by atoms with Crippen LogP contribution in [0.25, 0.3) is 0 Å². The Morgan fingerprint density at radius 3 is 1.89 bits per heavy atom. The molecule has 274 valence electrons. The zero-order valence-electron chi connectivity index (χ0n) is 30.4. The van der Waals surface area contributed by atoms with Gasteiger partial charge in [-0.1, -0.05) is 116 Å². The van der Waals surface area contributed by atoms with E-state index in [-0.39, 0.29) is 43.2 Å². The second kappa shape index (κ2) is 33.5. The van der Waals surface area contributed by atoms with E-state index in [1.807, 2.05) is 12.2 Å². The summed E-state index contributed by atoms with van der Waals surface area (Å²) < 4.78 is 10.8. The molecule has 9 nitrogen and oxygen atoms in total. The molecule has 0 aromatic heterocycles. The van der Waals surface area contributed by atoms with E-state index in [1.165, 1.54) is 70.6 Å². The highest BCUT2D eigenvalue weighted by atomic mass is 16.5. The fourth-order valence-corrected chi connectivity index (χ4v) is 5.30. The fraction of sp³-hybridized carbons (Fsp3) is 0.842. The van der Waals surface area contributed by atoms with Gasteiger partial charge in [-0.3, -0.25) is 19.2 Å². The molecule has 47 heavy (non-hydrogen) atoms. The molecule has 0 aromatic carbocycles. The third kappa shape index (κ3) is 29.5. The second-order valence-electron chi connectivity index (χ2n) is 12.9. The average Bonchev–Trinajstić information content (AvgIpc) is 3.06. The van der Waals surface area contributed by atoms with Crippen LogP contribution < -0.4 is 16.4 Å². The normalized spacial score (nSPS) is 12.5. The fourth-order valence-electron chi connectivity index (χ4n) is 5.30. The van der Waals surface area contributed by atoms with Crippen molar-refractivity contribution in [3.05, 3.63) is 12.2 Å². The third-order valence-electron chi connectivity index (χ3n) is 8.40. The number of unbranched alkanes of at least 4 members (excludes halogenated alkanes) is 13. The maximum atomic E-state index is 12.8. The van der Waals surface area contributed by atoms with Gasteiger partial charge in [0.25, 0.3) is 0 Å². The van der Waals surface area contributed by atoms with Crippen molar-refractivity contribution in [1.82, 2.24) is 10.6 Å². The van der Waals surface area contributed by atoms with Gasteiger partial charge in [-0.15, -0.1) is 0 Å². The molecule has 0 saturated carbocycles. The first-order chi connectivity index (χ1) is 22.8. The number of ether oxygens (including phenoxy) is 2. The third-order valence-corrected chi connectivity index (χ3v) is 8.40. The van der Waals surface area contributed by atoms with Crippen molar-refractivity contribution in [2.75, 3.05) is 26.3 Å². The Labute approximate surface area is 287 Å². The van der Waals surface area contributed by atoms with Crippen molar-refractivity contribution < 1.29 is 28.7 Å². The molecule has 0 spiro atoms. The van der Waals surface area contributed by atoms with E-state index in [2.05, 4.69) is 31.4 Å². The van der Waals surface area contributed by atoms with Crippen LogP contribution in [0.4, 0.5) is 0 Å². The van der Waals surface area contributed by atoms with E-state index < -0.39 is 12.0 Å². The minimum atomic E-state index is -0.658. The van der Waals surface area contributed by atoms with Gasteiger partial charge < -0.3 is 25.8 Å². The number of nitrogens with two attached hydrogens (primary N) is 1. The molecule has 0 rings (SSSR count). The maximum absolute atomic E-state index is 12.8. The van der Waals surface area contributed by atoms with E-state index in [0.29, 0.717) is 45.4 Å². The molecule has 4 N–H and O–H groups in total.